The summed E-state index contributed by atoms with van der Waals surface area (Å²) in [6, 6.07) is 6.82. The number of urea groups is 1. The number of benzene rings is 1. The number of primary amides is 1. The van der Waals surface area contributed by atoms with Crippen molar-refractivity contribution in [1.82, 2.24) is 5.43 Å². The lowest BCUT2D eigenvalue weighted by molar-refractivity contribution is 0.249. The SMILES string of the molecule is NC(=O)N/N=C/c1cccc(Br)c1. The molecule has 0 fully saturated rings. The van der Waals surface area contributed by atoms with Gasteiger partial charge in [-0.25, -0.2) is 10.2 Å². The van der Waals surface area contributed by atoms with Crippen molar-refractivity contribution in [2.24, 2.45) is 10.8 Å². The Balaban J connectivity index is 2.63. The predicted octanol–water partition coefficient (Wildman–Crippen LogP) is 1.45. The highest BCUT2D eigenvalue weighted by Crippen LogP contribution is 2.09. The first-order valence-corrected chi connectivity index (χ1v) is 4.32. The molecule has 0 radical (unpaired) electrons. The molecule has 0 spiro atoms. The topological polar surface area (TPSA) is 67.5 Å². The number of carbonyl (C=O) groups is 1. The van der Waals surface area contributed by atoms with Gasteiger partial charge in [-0.05, 0) is 17.7 Å². The number of hydrogen-bond donors (Lipinski definition) is 2. The van der Waals surface area contributed by atoms with Crippen LogP contribution in [0.3, 0.4) is 0 Å². The number of hydrogen-bond acceptors (Lipinski definition) is 2. The molecule has 1 rings (SSSR count). The first-order valence-electron chi connectivity index (χ1n) is 3.52. The fourth-order valence-corrected chi connectivity index (χ4v) is 1.17. The molecule has 3 N–H and O–H groups in total. The highest BCUT2D eigenvalue weighted by atomic mass is 79.9. The van der Waals surface area contributed by atoms with Gasteiger partial charge in [0, 0.05) is 4.47 Å². The zero-order valence-corrected chi connectivity index (χ0v) is 8.28. The van der Waals surface area contributed by atoms with Crippen LogP contribution in [0.2, 0.25) is 0 Å². The minimum atomic E-state index is -0.675. The van der Waals surface area contributed by atoms with Crippen molar-refractivity contribution in [3.05, 3.63) is 34.3 Å². The third-order valence-corrected chi connectivity index (χ3v) is 1.73. The molecule has 0 aliphatic rings. The summed E-state index contributed by atoms with van der Waals surface area (Å²) in [6.07, 6.45) is 1.51. The van der Waals surface area contributed by atoms with E-state index in [-0.39, 0.29) is 0 Å². The fourth-order valence-electron chi connectivity index (χ4n) is 0.757. The largest absolute Gasteiger partial charge is 0.350 e. The molecule has 0 unspecified atom stereocenters. The lowest BCUT2D eigenvalue weighted by Crippen LogP contribution is -2.24. The molecule has 0 saturated heterocycles. The lowest BCUT2D eigenvalue weighted by Gasteiger charge is -1.93. The molecule has 13 heavy (non-hydrogen) atoms. The highest BCUT2D eigenvalue weighted by Gasteiger charge is 1.89. The Morgan fingerprint density at radius 1 is 1.62 bits per heavy atom. The number of carbonyl (C=O) groups excluding carboxylic acids is 1. The Morgan fingerprint density at radius 3 is 3.00 bits per heavy atom. The van der Waals surface area contributed by atoms with Crippen molar-refractivity contribution in [2.75, 3.05) is 0 Å². The number of halogens is 1. The molecule has 1 aromatic rings. The molecule has 0 aromatic heterocycles. The van der Waals surface area contributed by atoms with Crippen molar-refractivity contribution >= 4 is 28.2 Å². The molecule has 5 heteroatoms. The maximum atomic E-state index is 10.2. The van der Waals surface area contributed by atoms with E-state index in [2.05, 4.69) is 26.5 Å². The Bertz CT molecular complexity index is 338. The fraction of sp³-hybridized carbons (Fsp3) is 0. The van der Waals surface area contributed by atoms with Crippen LogP contribution in [0.5, 0.6) is 0 Å². The third kappa shape index (κ3) is 3.71. The number of rotatable bonds is 2. The van der Waals surface area contributed by atoms with Crippen LogP contribution in [-0.4, -0.2) is 12.2 Å². The van der Waals surface area contributed by atoms with Gasteiger partial charge in [-0.3, -0.25) is 0 Å². The van der Waals surface area contributed by atoms with Crippen LogP contribution in [0.25, 0.3) is 0 Å². The van der Waals surface area contributed by atoms with Gasteiger partial charge in [-0.15, -0.1) is 0 Å². The molecule has 0 aliphatic carbocycles. The quantitative estimate of drug-likeness (QED) is 0.598. The summed E-state index contributed by atoms with van der Waals surface area (Å²) in [7, 11) is 0. The number of nitrogens with one attached hydrogen (secondary N) is 1. The smallest absolute Gasteiger partial charge is 0.332 e. The van der Waals surface area contributed by atoms with Crippen molar-refractivity contribution in [1.29, 1.82) is 0 Å². The number of nitrogens with two attached hydrogens (primary N) is 1. The summed E-state index contributed by atoms with van der Waals surface area (Å²) < 4.78 is 0.954. The normalized spacial score (nSPS) is 10.2. The number of amides is 2. The summed E-state index contributed by atoms with van der Waals surface area (Å²) in [5, 5.41) is 3.61. The molecule has 1 aromatic carbocycles. The van der Waals surface area contributed by atoms with E-state index < -0.39 is 6.03 Å². The first-order chi connectivity index (χ1) is 6.18. The van der Waals surface area contributed by atoms with E-state index in [1.165, 1.54) is 6.21 Å². The van der Waals surface area contributed by atoms with E-state index in [1.807, 2.05) is 24.3 Å². The molecular weight excluding hydrogens is 234 g/mol. The zero-order chi connectivity index (χ0) is 9.68. The molecule has 0 heterocycles. The Kier molecular flexibility index (Phi) is 3.45. The van der Waals surface area contributed by atoms with Crippen molar-refractivity contribution < 1.29 is 4.79 Å². The maximum Gasteiger partial charge on any atom is 0.332 e. The number of hydrazone groups is 1. The van der Waals surface area contributed by atoms with Crippen LogP contribution in [0.4, 0.5) is 4.79 Å². The molecule has 0 aliphatic heterocycles. The molecule has 0 atom stereocenters. The lowest BCUT2D eigenvalue weighted by atomic mass is 10.2. The summed E-state index contributed by atoms with van der Waals surface area (Å²) in [4.78, 5) is 10.2. The van der Waals surface area contributed by atoms with Crippen LogP contribution >= 0.6 is 15.9 Å². The van der Waals surface area contributed by atoms with Gasteiger partial charge < -0.3 is 5.73 Å². The van der Waals surface area contributed by atoms with Crippen LogP contribution in [-0.2, 0) is 0 Å². The van der Waals surface area contributed by atoms with E-state index in [9.17, 15) is 4.79 Å². The summed E-state index contributed by atoms with van der Waals surface area (Å²) in [5.74, 6) is 0. The van der Waals surface area contributed by atoms with Gasteiger partial charge >= 0.3 is 6.03 Å². The Labute approximate surface area is 83.9 Å². The monoisotopic (exact) mass is 241 g/mol. The minimum absolute atomic E-state index is 0.675. The van der Waals surface area contributed by atoms with Gasteiger partial charge in [0.1, 0.15) is 0 Å². The van der Waals surface area contributed by atoms with Gasteiger partial charge in [0.2, 0.25) is 0 Å². The van der Waals surface area contributed by atoms with Gasteiger partial charge in [0.15, 0.2) is 0 Å². The second kappa shape index (κ2) is 4.61. The van der Waals surface area contributed by atoms with Gasteiger partial charge in [-0.1, -0.05) is 28.1 Å². The van der Waals surface area contributed by atoms with E-state index in [1.54, 1.807) is 0 Å². The van der Waals surface area contributed by atoms with E-state index in [0.29, 0.717) is 0 Å². The highest BCUT2D eigenvalue weighted by molar-refractivity contribution is 9.10. The van der Waals surface area contributed by atoms with Crippen LogP contribution in [0, 0.1) is 0 Å². The van der Waals surface area contributed by atoms with E-state index >= 15 is 0 Å². The van der Waals surface area contributed by atoms with Crippen molar-refractivity contribution in [3.8, 4) is 0 Å². The van der Waals surface area contributed by atoms with Crippen molar-refractivity contribution in [3.63, 3.8) is 0 Å². The second-order valence-electron chi connectivity index (χ2n) is 2.29. The molecule has 68 valence electrons. The van der Waals surface area contributed by atoms with Gasteiger partial charge in [-0.2, -0.15) is 5.10 Å². The van der Waals surface area contributed by atoms with Gasteiger partial charge in [0.05, 0.1) is 6.21 Å². The summed E-state index contributed by atoms with van der Waals surface area (Å²) in [5.41, 5.74) is 7.80. The van der Waals surface area contributed by atoms with Crippen LogP contribution < -0.4 is 11.2 Å². The second-order valence-corrected chi connectivity index (χ2v) is 3.20. The van der Waals surface area contributed by atoms with Gasteiger partial charge in [0.25, 0.3) is 0 Å². The molecule has 2 amide bonds. The predicted molar refractivity (Wildman–Crippen MR) is 54.5 cm³/mol. The Hall–Kier alpha value is -1.36. The van der Waals surface area contributed by atoms with Crippen LogP contribution in [0.15, 0.2) is 33.8 Å². The van der Waals surface area contributed by atoms with Crippen LogP contribution in [0.1, 0.15) is 5.56 Å². The number of nitrogens with zero attached hydrogens (tertiary/aromatic N) is 1. The zero-order valence-electron chi connectivity index (χ0n) is 6.70. The van der Waals surface area contributed by atoms with Crippen molar-refractivity contribution in [2.45, 2.75) is 0 Å². The molecule has 0 saturated carbocycles. The van der Waals surface area contributed by atoms with E-state index in [0.717, 1.165) is 10.0 Å². The Morgan fingerprint density at radius 2 is 2.38 bits per heavy atom. The summed E-state index contributed by atoms with van der Waals surface area (Å²) >= 11 is 3.31. The molecular formula is C8H8BrN3O. The third-order valence-electron chi connectivity index (χ3n) is 1.24. The maximum absolute atomic E-state index is 10.2. The first kappa shape index (κ1) is 9.73. The average molecular weight is 242 g/mol. The summed E-state index contributed by atoms with van der Waals surface area (Å²) in [6.45, 7) is 0. The molecule has 4 nitrogen and oxygen atoms in total. The average Bonchev–Trinajstić information content (AvgIpc) is 2.03. The van der Waals surface area contributed by atoms with E-state index in [4.69, 9.17) is 5.73 Å². The molecule has 0 bridgehead atoms. The minimum Gasteiger partial charge on any atom is -0.350 e. The standard InChI is InChI=1S/C8H8BrN3O/c9-7-3-1-2-6(4-7)5-11-12-8(10)13/h1-5H,(H3,10,12,13)/b11-5+.